The SMILES string of the molecule is CNc1nc(CC(=O)NC2CCCCCC2)cs1. The fourth-order valence-corrected chi connectivity index (χ4v) is 3.04. The minimum absolute atomic E-state index is 0.106. The molecule has 1 saturated carbocycles. The summed E-state index contributed by atoms with van der Waals surface area (Å²) in [4.78, 5) is 16.3. The highest BCUT2D eigenvalue weighted by Crippen LogP contribution is 2.18. The van der Waals surface area contributed by atoms with E-state index < -0.39 is 0 Å². The third-order valence-electron chi connectivity index (χ3n) is 3.33. The molecule has 1 amide bonds. The monoisotopic (exact) mass is 267 g/mol. The van der Waals surface area contributed by atoms with Crippen molar-refractivity contribution in [1.29, 1.82) is 0 Å². The Balaban J connectivity index is 1.80. The Morgan fingerprint density at radius 1 is 1.39 bits per heavy atom. The molecule has 0 spiro atoms. The van der Waals surface area contributed by atoms with Gasteiger partial charge in [0.2, 0.25) is 5.91 Å². The Morgan fingerprint density at radius 2 is 2.11 bits per heavy atom. The van der Waals surface area contributed by atoms with E-state index in [0.717, 1.165) is 23.7 Å². The zero-order valence-electron chi connectivity index (χ0n) is 10.9. The smallest absolute Gasteiger partial charge is 0.226 e. The van der Waals surface area contributed by atoms with Gasteiger partial charge in [-0.25, -0.2) is 4.98 Å². The average Bonchev–Trinajstić information content (AvgIpc) is 2.65. The van der Waals surface area contributed by atoms with Crippen LogP contribution in [0.15, 0.2) is 5.38 Å². The van der Waals surface area contributed by atoms with Gasteiger partial charge in [0.1, 0.15) is 0 Å². The fourth-order valence-electron chi connectivity index (χ4n) is 2.37. The Labute approximate surface area is 112 Å². The normalized spacial score (nSPS) is 17.2. The summed E-state index contributed by atoms with van der Waals surface area (Å²) >= 11 is 1.54. The predicted molar refractivity (Wildman–Crippen MR) is 75.0 cm³/mol. The van der Waals surface area contributed by atoms with E-state index in [-0.39, 0.29) is 5.91 Å². The molecule has 1 aliphatic rings. The standard InChI is InChI=1S/C13H21N3OS/c1-14-13-16-11(9-18-13)8-12(17)15-10-6-4-2-3-5-7-10/h9-10H,2-8H2,1H3,(H,14,16)(H,15,17). The van der Waals surface area contributed by atoms with Crippen molar-refractivity contribution in [3.63, 3.8) is 0 Å². The number of anilines is 1. The molecule has 1 aliphatic carbocycles. The van der Waals surface area contributed by atoms with Gasteiger partial charge in [-0.3, -0.25) is 4.79 Å². The first kappa shape index (κ1) is 13.3. The van der Waals surface area contributed by atoms with Crippen LogP contribution in [-0.2, 0) is 11.2 Å². The average molecular weight is 267 g/mol. The molecule has 1 aromatic rings. The second-order valence-corrected chi connectivity index (χ2v) is 5.68. The number of nitrogens with one attached hydrogen (secondary N) is 2. The van der Waals surface area contributed by atoms with Crippen LogP contribution in [0.2, 0.25) is 0 Å². The van der Waals surface area contributed by atoms with Crippen molar-refractivity contribution in [3.8, 4) is 0 Å². The van der Waals surface area contributed by atoms with Crippen molar-refractivity contribution in [1.82, 2.24) is 10.3 Å². The van der Waals surface area contributed by atoms with E-state index in [4.69, 9.17) is 0 Å². The Morgan fingerprint density at radius 3 is 2.72 bits per heavy atom. The molecule has 0 aliphatic heterocycles. The van der Waals surface area contributed by atoms with Gasteiger partial charge in [0.05, 0.1) is 12.1 Å². The molecule has 18 heavy (non-hydrogen) atoms. The third kappa shape index (κ3) is 3.98. The van der Waals surface area contributed by atoms with E-state index in [1.165, 1.54) is 37.0 Å². The number of carbonyl (C=O) groups excluding carboxylic acids is 1. The van der Waals surface area contributed by atoms with E-state index in [1.807, 2.05) is 12.4 Å². The molecule has 1 fully saturated rings. The second-order valence-electron chi connectivity index (χ2n) is 4.83. The molecule has 100 valence electrons. The first-order chi connectivity index (χ1) is 8.78. The highest BCUT2D eigenvalue weighted by molar-refractivity contribution is 7.13. The van der Waals surface area contributed by atoms with Crippen LogP contribution < -0.4 is 10.6 Å². The Hall–Kier alpha value is -1.10. The molecule has 0 aromatic carbocycles. The molecular formula is C13H21N3OS. The molecule has 0 unspecified atom stereocenters. The molecule has 4 nitrogen and oxygen atoms in total. The number of carbonyl (C=O) groups is 1. The Kier molecular flexibility index (Phi) is 4.99. The number of thiazole rings is 1. The van der Waals surface area contributed by atoms with E-state index in [9.17, 15) is 4.79 Å². The number of hydrogen-bond acceptors (Lipinski definition) is 4. The fraction of sp³-hybridized carbons (Fsp3) is 0.692. The van der Waals surface area contributed by atoms with Gasteiger partial charge >= 0.3 is 0 Å². The summed E-state index contributed by atoms with van der Waals surface area (Å²) in [7, 11) is 1.84. The molecule has 5 heteroatoms. The summed E-state index contributed by atoms with van der Waals surface area (Å²) in [6, 6.07) is 0.377. The van der Waals surface area contributed by atoms with E-state index in [1.54, 1.807) is 0 Å². The van der Waals surface area contributed by atoms with Crippen LogP contribution in [0, 0.1) is 0 Å². The first-order valence-electron chi connectivity index (χ1n) is 6.69. The molecule has 2 N–H and O–H groups in total. The van der Waals surface area contributed by atoms with Crippen LogP contribution in [0.4, 0.5) is 5.13 Å². The van der Waals surface area contributed by atoms with Crippen molar-refractivity contribution in [2.45, 2.75) is 51.0 Å². The lowest BCUT2D eigenvalue weighted by Gasteiger charge is -2.15. The van der Waals surface area contributed by atoms with Crippen molar-refractivity contribution in [2.75, 3.05) is 12.4 Å². The van der Waals surface area contributed by atoms with E-state index in [0.29, 0.717) is 12.5 Å². The van der Waals surface area contributed by atoms with Gasteiger partial charge in [-0.15, -0.1) is 11.3 Å². The van der Waals surface area contributed by atoms with Gasteiger partial charge in [0.25, 0.3) is 0 Å². The highest BCUT2D eigenvalue weighted by Gasteiger charge is 2.15. The topological polar surface area (TPSA) is 54.0 Å². The summed E-state index contributed by atoms with van der Waals surface area (Å²) in [6.45, 7) is 0. The molecule has 0 bridgehead atoms. The van der Waals surface area contributed by atoms with Gasteiger partial charge < -0.3 is 10.6 Å². The summed E-state index contributed by atoms with van der Waals surface area (Å²) in [5.74, 6) is 0.106. The molecule has 2 rings (SSSR count). The van der Waals surface area contributed by atoms with E-state index >= 15 is 0 Å². The molecule has 1 aromatic heterocycles. The minimum atomic E-state index is 0.106. The number of nitrogens with zero attached hydrogens (tertiary/aromatic N) is 1. The van der Waals surface area contributed by atoms with Crippen molar-refractivity contribution in [2.24, 2.45) is 0 Å². The molecule has 1 heterocycles. The maximum absolute atomic E-state index is 11.9. The van der Waals surface area contributed by atoms with Crippen LogP contribution in [0.1, 0.15) is 44.2 Å². The van der Waals surface area contributed by atoms with Crippen molar-refractivity contribution >= 4 is 22.4 Å². The zero-order chi connectivity index (χ0) is 12.8. The van der Waals surface area contributed by atoms with Crippen molar-refractivity contribution < 1.29 is 4.79 Å². The van der Waals surface area contributed by atoms with Gasteiger partial charge in [-0.05, 0) is 12.8 Å². The highest BCUT2D eigenvalue weighted by atomic mass is 32.1. The quantitative estimate of drug-likeness (QED) is 0.824. The predicted octanol–water partition coefficient (Wildman–Crippen LogP) is 2.57. The van der Waals surface area contributed by atoms with Crippen LogP contribution in [0.3, 0.4) is 0 Å². The van der Waals surface area contributed by atoms with Crippen LogP contribution in [0.25, 0.3) is 0 Å². The van der Waals surface area contributed by atoms with Gasteiger partial charge in [0, 0.05) is 18.5 Å². The molecule has 0 saturated heterocycles. The molecule has 0 atom stereocenters. The summed E-state index contributed by atoms with van der Waals surface area (Å²) in [5.41, 5.74) is 0.857. The molecule has 0 radical (unpaired) electrons. The number of aromatic nitrogens is 1. The summed E-state index contributed by atoms with van der Waals surface area (Å²) in [6.07, 6.45) is 7.76. The van der Waals surface area contributed by atoms with Crippen LogP contribution in [-0.4, -0.2) is 24.0 Å². The third-order valence-corrected chi connectivity index (χ3v) is 4.24. The Bertz CT molecular complexity index is 383. The largest absolute Gasteiger partial charge is 0.365 e. The minimum Gasteiger partial charge on any atom is -0.365 e. The number of hydrogen-bond donors (Lipinski definition) is 2. The molecular weight excluding hydrogens is 246 g/mol. The lowest BCUT2D eigenvalue weighted by Crippen LogP contribution is -2.35. The van der Waals surface area contributed by atoms with Crippen LogP contribution >= 0.6 is 11.3 Å². The number of rotatable bonds is 4. The van der Waals surface area contributed by atoms with Gasteiger partial charge in [0.15, 0.2) is 5.13 Å². The van der Waals surface area contributed by atoms with Gasteiger partial charge in [-0.1, -0.05) is 25.7 Å². The lowest BCUT2D eigenvalue weighted by atomic mass is 10.1. The van der Waals surface area contributed by atoms with E-state index in [2.05, 4.69) is 15.6 Å². The summed E-state index contributed by atoms with van der Waals surface area (Å²) < 4.78 is 0. The van der Waals surface area contributed by atoms with Gasteiger partial charge in [-0.2, -0.15) is 0 Å². The first-order valence-corrected chi connectivity index (χ1v) is 7.57. The van der Waals surface area contributed by atoms with Crippen molar-refractivity contribution in [3.05, 3.63) is 11.1 Å². The maximum atomic E-state index is 11.9. The second kappa shape index (κ2) is 6.73. The number of amides is 1. The van der Waals surface area contributed by atoms with Crippen LogP contribution in [0.5, 0.6) is 0 Å². The summed E-state index contributed by atoms with van der Waals surface area (Å²) in [5, 5.41) is 8.94. The maximum Gasteiger partial charge on any atom is 0.226 e. The lowest BCUT2D eigenvalue weighted by molar-refractivity contribution is -0.121. The zero-order valence-corrected chi connectivity index (χ0v) is 11.7.